The summed E-state index contributed by atoms with van der Waals surface area (Å²) >= 11 is 3.41. The minimum absolute atomic E-state index is 0.0777. The van der Waals surface area contributed by atoms with Gasteiger partial charge in [0.15, 0.2) is 0 Å². The van der Waals surface area contributed by atoms with Crippen molar-refractivity contribution in [2.24, 2.45) is 0 Å². The van der Waals surface area contributed by atoms with Crippen molar-refractivity contribution in [2.45, 2.75) is 31.8 Å². The molecule has 0 spiro atoms. The van der Waals surface area contributed by atoms with E-state index >= 15 is 0 Å². The van der Waals surface area contributed by atoms with Gasteiger partial charge in [0.1, 0.15) is 6.17 Å². The smallest absolute Gasteiger partial charge is 0.257 e. The fourth-order valence-corrected chi connectivity index (χ4v) is 4.36. The topological polar surface area (TPSA) is 52.7 Å². The van der Waals surface area contributed by atoms with Crippen LogP contribution in [0.1, 0.15) is 46.4 Å². The summed E-state index contributed by atoms with van der Waals surface area (Å²) in [5.41, 5.74) is 2.79. The summed E-state index contributed by atoms with van der Waals surface area (Å²) in [6.45, 7) is 0.804. The number of carbonyl (C=O) groups is 2. The van der Waals surface area contributed by atoms with E-state index in [-0.39, 0.29) is 18.0 Å². The molecule has 1 N–H and O–H groups in total. The summed E-state index contributed by atoms with van der Waals surface area (Å²) in [6, 6.07) is 12.8. The van der Waals surface area contributed by atoms with Crippen LogP contribution < -0.4 is 10.2 Å². The first-order valence-electron chi connectivity index (χ1n) is 9.29. The zero-order valence-corrected chi connectivity index (χ0v) is 16.8. The fourth-order valence-electron chi connectivity index (χ4n) is 3.96. The van der Waals surface area contributed by atoms with E-state index in [1.807, 2.05) is 42.3 Å². The first-order chi connectivity index (χ1) is 13.0. The first kappa shape index (κ1) is 18.0. The molecule has 4 rings (SSSR count). The van der Waals surface area contributed by atoms with E-state index in [0.717, 1.165) is 48.1 Å². The Morgan fingerprint density at radius 1 is 1.15 bits per heavy atom. The summed E-state index contributed by atoms with van der Waals surface area (Å²) in [7, 11) is 2.02. The number of anilines is 2. The normalized spacial score (nSPS) is 19.2. The maximum atomic E-state index is 13.0. The van der Waals surface area contributed by atoms with Crippen LogP contribution in [-0.2, 0) is 0 Å². The van der Waals surface area contributed by atoms with E-state index in [4.69, 9.17) is 0 Å². The van der Waals surface area contributed by atoms with E-state index in [1.54, 1.807) is 12.1 Å². The van der Waals surface area contributed by atoms with Gasteiger partial charge in [0, 0.05) is 29.3 Å². The molecule has 1 fully saturated rings. The lowest BCUT2D eigenvalue weighted by Crippen LogP contribution is -2.53. The van der Waals surface area contributed by atoms with Gasteiger partial charge in [0.2, 0.25) is 0 Å². The molecule has 0 aliphatic carbocycles. The molecule has 0 bridgehead atoms. The predicted molar refractivity (Wildman–Crippen MR) is 110 cm³/mol. The van der Waals surface area contributed by atoms with E-state index < -0.39 is 0 Å². The van der Waals surface area contributed by atoms with Gasteiger partial charge in [-0.1, -0.05) is 28.4 Å². The second kappa shape index (κ2) is 7.35. The molecule has 0 aromatic heterocycles. The molecule has 2 aliphatic rings. The average Bonchev–Trinajstić information content (AvgIpc) is 2.92. The SMILES string of the molecule is CN1c2cc(C(=O)Nc3cccc(Br)c3)ccc2C(=O)N2CCCCC[C@H]21. The number of carbonyl (C=O) groups excluding carboxylic acids is 2. The zero-order valence-electron chi connectivity index (χ0n) is 15.2. The van der Waals surface area contributed by atoms with Crippen LogP contribution in [0.15, 0.2) is 46.9 Å². The molecule has 2 amide bonds. The minimum atomic E-state index is -0.181. The van der Waals surface area contributed by atoms with Crippen molar-refractivity contribution in [3.05, 3.63) is 58.1 Å². The van der Waals surface area contributed by atoms with Crippen molar-refractivity contribution >= 4 is 39.1 Å². The summed E-state index contributed by atoms with van der Waals surface area (Å²) in [4.78, 5) is 29.8. The lowest BCUT2D eigenvalue weighted by atomic mass is 10.0. The number of nitrogens with zero attached hydrogens (tertiary/aromatic N) is 2. The lowest BCUT2D eigenvalue weighted by molar-refractivity contribution is 0.0661. The monoisotopic (exact) mass is 427 g/mol. The molecule has 27 heavy (non-hydrogen) atoms. The van der Waals surface area contributed by atoms with Gasteiger partial charge >= 0.3 is 0 Å². The molecule has 0 unspecified atom stereocenters. The number of rotatable bonds is 2. The molecular formula is C21H22BrN3O2. The molecule has 1 atom stereocenters. The van der Waals surface area contributed by atoms with Crippen molar-refractivity contribution < 1.29 is 9.59 Å². The van der Waals surface area contributed by atoms with Gasteiger partial charge in [-0.15, -0.1) is 0 Å². The molecule has 2 aliphatic heterocycles. The molecule has 2 aromatic rings. The van der Waals surface area contributed by atoms with E-state index in [1.165, 1.54) is 0 Å². The highest BCUT2D eigenvalue weighted by atomic mass is 79.9. The number of benzene rings is 2. The van der Waals surface area contributed by atoms with Gasteiger partial charge < -0.3 is 15.1 Å². The van der Waals surface area contributed by atoms with Gasteiger partial charge in [-0.25, -0.2) is 0 Å². The Morgan fingerprint density at radius 2 is 2.00 bits per heavy atom. The van der Waals surface area contributed by atoms with Crippen molar-refractivity contribution in [1.82, 2.24) is 4.90 Å². The highest BCUT2D eigenvalue weighted by Crippen LogP contribution is 2.34. The van der Waals surface area contributed by atoms with Crippen molar-refractivity contribution in [1.29, 1.82) is 0 Å². The van der Waals surface area contributed by atoms with E-state index in [9.17, 15) is 9.59 Å². The number of halogens is 1. The Hall–Kier alpha value is -2.34. The van der Waals surface area contributed by atoms with Crippen LogP contribution in [0.5, 0.6) is 0 Å². The van der Waals surface area contributed by atoms with Crippen LogP contribution in [0.2, 0.25) is 0 Å². The van der Waals surface area contributed by atoms with Crippen LogP contribution in [0, 0.1) is 0 Å². The molecule has 1 saturated heterocycles. The van der Waals surface area contributed by atoms with Gasteiger partial charge in [-0.3, -0.25) is 9.59 Å². The van der Waals surface area contributed by atoms with E-state index in [0.29, 0.717) is 11.1 Å². The number of amides is 2. The summed E-state index contributed by atoms with van der Waals surface area (Å²) in [5.74, 6) is -0.103. The van der Waals surface area contributed by atoms with Gasteiger partial charge in [0.25, 0.3) is 11.8 Å². The summed E-state index contributed by atoms with van der Waals surface area (Å²) in [5, 5.41) is 2.92. The van der Waals surface area contributed by atoms with Gasteiger partial charge in [-0.05, 0) is 55.7 Å². The van der Waals surface area contributed by atoms with Crippen molar-refractivity contribution in [3.8, 4) is 0 Å². The van der Waals surface area contributed by atoms with Crippen LogP contribution >= 0.6 is 15.9 Å². The second-order valence-corrected chi connectivity index (χ2v) is 8.05. The van der Waals surface area contributed by atoms with E-state index in [2.05, 4.69) is 26.1 Å². The molecule has 140 valence electrons. The maximum absolute atomic E-state index is 13.0. The second-order valence-electron chi connectivity index (χ2n) is 7.14. The molecular weight excluding hydrogens is 406 g/mol. The fraction of sp³-hybridized carbons (Fsp3) is 0.333. The standard InChI is InChI=1S/C21H22BrN3O2/c1-24-18-12-14(20(26)23-16-7-5-6-15(22)13-16)9-10-17(18)21(27)25-11-4-2-3-8-19(24)25/h5-7,9-10,12-13,19H,2-4,8,11H2,1H3,(H,23,26)/t19-/m0/s1. The number of nitrogens with one attached hydrogen (secondary N) is 1. The first-order valence-corrected chi connectivity index (χ1v) is 10.1. The number of fused-ring (bicyclic) bond motifs is 2. The Morgan fingerprint density at radius 3 is 2.81 bits per heavy atom. The van der Waals surface area contributed by atoms with Crippen molar-refractivity contribution in [3.63, 3.8) is 0 Å². The molecule has 0 saturated carbocycles. The molecule has 5 nitrogen and oxygen atoms in total. The minimum Gasteiger partial charge on any atom is -0.354 e. The van der Waals surface area contributed by atoms with Gasteiger partial charge in [0.05, 0.1) is 11.3 Å². The molecule has 2 aromatic carbocycles. The highest BCUT2D eigenvalue weighted by Gasteiger charge is 2.36. The summed E-state index contributed by atoms with van der Waals surface area (Å²) in [6.07, 6.45) is 4.38. The lowest BCUT2D eigenvalue weighted by Gasteiger charge is -2.43. The zero-order chi connectivity index (χ0) is 19.0. The Bertz CT molecular complexity index is 899. The average molecular weight is 428 g/mol. The summed E-state index contributed by atoms with van der Waals surface area (Å²) < 4.78 is 0.907. The Balaban J connectivity index is 1.63. The third kappa shape index (κ3) is 3.46. The van der Waals surface area contributed by atoms with Crippen LogP contribution in [0.3, 0.4) is 0 Å². The largest absolute Gasteiger partial charge is 0.354 e. The number of hydrogen-bond acceptors (Lipinski definition) is 3. The van der Waals surface area contributed by atoms with Crippen LogP contribution in [0.4, 0.5) is 11.4 Å². The van der Waals surface area contributed by atoms with Crippen LogP contribution in [0.25, 0.3) is 0 Å². The predicted octanol–water partition coefficient (Wildman–Crippen LogP) is 4.49. The Kier molecular flexibility index (Phi) is 4.91. The van der Waals surface area contributed by atoms with Crippen LogP contribution in [-0.4, -0.2) is 36.5 Å². The molecule has 6 heteroatoms. The highest BCUT2D eigenvalue weighted by molar-refractivity contribution is 9.10. The number of hydrogen-bond donors (Lipinski definition) is 1. The van der Waals surface area contributed by atoms with Gasteiger partial charge in [-0.2, -0.15) is 0 Å². The molecule has 2 heterocycles. The quantitative estimate of drug-likeness (QED) is 0.767. The third-order valence-corrected chi connectivity index (χ3v) is 5.88. The van der Waals surface area contributed by atoms with Crippen molar-refractivity contribution in [2.75, 3.05) is 23.8 Å². The third-order valence-electron chi connectivity index (χ3n) is 5.38. The Labute approximate surface area is 167 Å². The molecule has 0 radical (unpaired) electrons. The maximum Gasteiger partial charge on any atom is 0.257 e.